The van der Waals surface area contributed by atoms with Crippen molar-refractivity contribution in [3.8, 4) is 0 Å². The number of carbonyl (C=O) groups is 3. The third-order valence-electron chi connectivity index (χ3n) is 7.36. The summed E-state index contributed by atoms with van der Waals surface area (Å²) in [5.41, 5.74) is 1.04. The first-order valence-electron chi connectivity index (χ1n) is 10.8. The summed E-state index contributed by atoms with van der Waals surface area (Å²) < 4.78 is 1.20. The number of aromatic nitrogens is 1. The topological polar surface area (TPSA) is 70.6 Å². The number of imide groups is 1. The van der Waals surface area contributed by atoms with E-state index in [1.807, 2.05) is 23.1 Å². The van der Waals surface area contributed by atoms with Gasteiger partial charge in [-0.2, -0.15) is 0 Å². The van der Waals surface area contributed by atoms with Gasteiger partial charge >= 0.3 is 0 Å². The molecule has 1 aromatic carbocycles. The van der Waals surface area contributed by atoms with Gasteiger partial charge < -0.3 is 4.90 Å². The number of piperidine rings is 1. The van der Waals surface area contributed by atoms with Crippen molar-refractivity contribution < 1.29 is 14.4 Å². The van der Waals surface area contributed by atoms with Gasteiger partial charge in [-0.25, -0.2) is 4.98 Å². The van der Waals surface area contributed by atoms with Gasteiger partial charge in [0.25, 0.3) is 0 Å². The monoisotopic (exact) mass is 421 g/mol. The Kier molecular flexibility index (Phi) is 4.10. The number of para-hydroxylation sites is 1. The number of hydrogen-bond donors (Lipinski definition) is 0. The van der Waals surface area contributed by atoms with Crippen molar-refractivity contribution in [1.82, 2.24) is 14.8 Å². The molecule has 2 aliphatic carbocycles. The molecule has 0 N–H and O–H groups in total. The summed E-state index contributed by atoms with van der Waals surface area (Å²) in [5.74, 6) is -0.126. The van der Waals surface area contributed by atoms with Crippen LogP contribution >= 0.6 is 11.3 Å². The summed E-state index contributed by atoms with van der Waals surface area (Å²) in [7, 11) is 0. The van der Waals surface area contributed by atoms with Crippen molar-refractivity contribution in [2.45, 2.75) is 25.2 Å². The highest BCUT2D eigenvalue weighted by Gasteiger charge is 2.59. The highest BCUT2D eigenvalue weighted by molar-refractivity contribution is 7.18. The second kappa shape index (κ2) is 6.74. The Labute approximate surface area is 178 Å². The summed E-state index contributed by atoms with van der Waals surface area (Å²) in [6.07, 6.45) is 6.80. The van der Waals surface area contributed by atoms with Crippen LogP contribution in [-0.4, -0.2) is 52.1 Å². The fraction of sp³-hybridized carbons (Fsp3) is 0.478. The number of amides is 3. The predicted molar refractivity (Wildman–Crippen MR) is 113 cm³/mol. The van der Waals surface area contributed by atoms with E-state index in [1.165, 1.54) is 9.60 Å². The van der Waals surface area contributed by atoms with E-state index in [9.17, 15) is 14.4 Å². The van der Waals surface area contributed by atoms with Crippen molar-refractivity contribution in [2.24, 2.45) is 23.7 Å². The number of hydrogen-bond acceptors (Lipinski definition) is 5. The molecule has 3 heterocycles. The molecule has 2 aromatic rings. The van der Waals surface area contributed by atoms with Crippen molar-refractivity contribution in [2.75, 3.05) is 19.6 Å². The van der Waals surface area contributed by atoms with Crippen LogP contribution in [0.25, 0.3) is 10.2 Å². The first-order chi connectivity index (χ1) is 14.6. The van der Waals surface area contributed by atoms with Crippen LogP contribution in [0.5, 0.6) is 0 Å². The van der Waals surface area contributed by atoms with E-state index in [-0.39, 0.29) is 47.9 Å². The maximum absolute atomic E-state index is 12.9. The molecular weight excluding hydrogens is 398 g/mol. The summed E-state index contributed by atoms with van der Waals surface area (Å²) >= 11 is 1.74. The molecule has 0 spiro atoms. The van der Waals surface area contributed by atoms with Crippen LogP contribution in [0.4, 0.5) is 0 Å². The zero-order chi connectivity index (χ0) is 20.4. The molecule has 154 valence electrons. The maximum Gasteiger partial charge on any atom is 0.242 e. The fourth-order valence-corrected chi connectivity index (χ4v) is 6.93. The number of thiazole rings is 1. The van der Waals surface area contributed by atoms with Crippen LogP contribution < -0.4 is 0 Å². The third kappa shape index (κ3) is 2.68. The van der Waals surface area contributed by atoms with E-state index in [1.54, 1.807) is 11.3 Å². The van der Waals surface area contributed by atoms with Gasteiger partial charge in [0.15, 0.2) is 0 Å². The molecule has 2 saturated heterocycles. The van der Waals surface area contributed by atoms with Crippen LogP contribution in [0.3, 0.4) is 0 Å². The fourth-order valence-electron chi connectivity index (χ4n) is 5.80. The SMILES string of the molecule is O=C(CN1C(=O)C2C3C=CC(C3)C2C1=O)N1CCC(c2nc3ccccc3s2)CC1. The van der Waals surface area contributed by atoms with Gasteiger partial charge in [-0.1, -0.05) is 24.3 Å². The molecule has 0 radical (unpaired) electrons. The first kappa shape index (κ1) is 18.2. The van der Waals surface area contributed by atoms with Crippen molar-refractivity contribution in [1.29, 1.82) is 0 Å². The van der Waals surface area contributed by atoms with Crippen molar-refractivity contribution in [3.63, 3.8) is 0 Å². The predicted octanol–water partition coefficient (Wildman–Crippen LogP) is 2.81. The highest BCUT2D eigenvalue weighted by Crippen LogP contribution is 2.52. The van der Waals surface area contributed by atoms with Gasteiger partial charge in [0.2, 0.25) is 17.7 Å². The lowest BCUT2D eigenvalue weighted by Crippen LogP contribution is -2.46. The Morgan fingerprint density at radius 1 is 1.03 bits per heavy atom. The molecule has 3 fully saturated rings. The van der Waals surface area contributed by atoms with Gasteiger partial charge in [0.1, 0.15) is 6.54 Å². The molecule has 4 atom stereocenters. The van der Waals surface area contributed by atoms with E-state index in [2.05, 4.69) is 18.2 Å². The Hall–Kier alpha value is -2.54. The lowest BCUT2D eigenvalue weighted by atomic mass is 9.85. The second-order valence-electron chi connectivity index (χ2n) is 8.94. The van der Waals surface area contributed by atoms with Crippen molar-refractivity contribution in [3.05, 3.63) is 41.4 Å². The number of rotatable bonds is 3. The Morgan fingerprint density at radius 3 is 2.37 bits per heavy atom. The van der Waals surface area contributed by atoms with Crippen LogP contribution in [0, 0.1) is 23.7 Å². The van der Waals surface area contributed by atoms with E-state index in [0.29, 0.717) is 19.0 Å². The number of nitrogens with zero attached hydrogens (tertiary/aromatic N) is 3. The lowest BCUT2D eigenvalue weighted by Gasteiger charge is -2.32. The average Bonchev–Trinajstić information content (AvgIpc) is 3.53. The smallest absolute Gasteiger partial charge is 0.242 e. The summed E-state index contributed by atoms with van der Waals surface area (Å²) in [5, 5.41) is 1.14. The molecule has 6 nitrogen and oxygen atoms in total. The first-order valence-corrected chi connectivity index (χ1v) is 11.6. The largest absolute Gasteiger partial charge is 0.341 e. The second-order valence-corrected chi connectivity index (χ2v) is 10.00. The van der Waals surface area contributed by atoms with E-state index in [0.717, 1.165) is 29.8 Å². The zero-order valence-corrected chi connectivity index (χ0v) is 17.4. The van der Waals surface area contributed by atoms with Gasteiger partial charge in [-0.05, 0) is 43.2 Å². The van der Waals surface area contributed by atoms with Gasteiger partial charge in [-0.15, -0.1) is 11.3 Å². The summed E-state index contributed by atoms with van der Waals surface area (Å²) in [6.45, 7) is 1.19. The molecule has 2 bridgehead atoms. The molecule has 4 unspecified atom stereocenters. The minimum Gasteiger partial charge on any atom is -0.341 e. The molecule has 6 rings (SSSR count). The molecule has 3 amide bonds. The van der Waals surface area contributed by atoms with Gasteiger partial charge in [-0.3, -0.25) is 19.3 Å². The highest BCUT2D eigenvalue weighted by atomic mass is 32.1. The van der Waals surface area contributed by atoms with Gasteiger partial charge in [0.05, 0.1) is 27.1 Å². The minimum atomic E-state index is -0.231. The number of likely N-dealkylation sites (tertiary alicyclic amines) is 2. The van der Waals surface area contributed by atoms with Crippen LogP contribution in [0.1, 0.15) is 30.2 Å². The third-order valence-corrected chi connectivity index (χ3v) is 8.56. The van der Waals surface area contributed by atoms with Crippen LogP contribution in [0.2, 0.25) is 0 Å². The maximum atomic E-state index is 12.9. The number of allylic oxidation sites excluding steroid dienone is 2. The Bertz CT molecular complexity index is 1020. The van der Waals surface area contributed by atoms with E-state index in [4.69, 9.17) is 4.98 Å². The molecule has 4 aliphatic rings. The van der Waals surface area contributed by atoms with E-state index >= 15 is 0 Å². The minimum absolute atomic E-state index is 0.101. The molecule has 7 heteroatoms. The Balaban J connectivity index is 1.09. The standard InChI is InChI=1S/C23H23N3O3S/c27-18(12-26-22(28)19-14-5-6-15(11-14)20(19)23(26)29)25-9-7-13(8-10-25)21-24-16-3-1-2-4-17(16)30-21/h1-6,13-15,19-20H,7-12H2. The molecule has 1 saturated carbocycles. The number of carbonyl (C=O) groups excluding carboxylic acids is 3. The molecule has 30 heavy (non-hydrogen) atoms. The number of benzene rings is 1. The molecule has 1 aromatic heterocycles. The normalized spacial score (nSPS) is 30.7. The summed E-state index contributed by atoms with van der Waals surface area (Å²) in [4.78, 5) is 46.3. The molecular formula is C23H23N3O3S. The van der Waals surface area contributed by atoms with Gasteiger partial charge in [0, 0.05) is 19.0 Å². The summed E-state index contributed by atoms with van der Waals surface area (Å²) in [6, 6.07) is 8.16. The lowest BCUT2D eigenvalue weighted by molar-refractivity contribution is -0.147. The zero-order valence-electron chi connectivity index (χ0n) is 16.6. The van der Waals surface area contributed by atoms with Crippen LogP contribution in [-0.2, 0) is 14.4 Å². The Morgan fingerprint density at radius 2 is 1.70 bits per heavy atom. The van der Waals surface area contributed by atoms with Crippen LogP contribution in [0.15, 0.2) is 36.4 Å². The average molecular weight is 422 g/mol. The van der Waals surface area contributed by atoms with E-state index < -0.39 is 0 Å². The quantitative estimate of drug-likeness (QED) is 0.564. The van der Waals surface area contributed by atoms with Crippen molar-refractivity contribution >= 4 is 39.3 Å². The molecule has 2 aliphatic heterocycles. The number of fused-ring (bicyclic) bond motifs is 6.